The van der Waals surface area contributed by atoms with Crippen molar-refractivity contribution in [2.75, 3.05) is 0 Å². The van der Waals surface area contributed by atoms with E-state index in [-0.39, 0.29) is 0 Å². The molecule has 1 aromatic heterocycles. The summed E-state index contributed by atoms with van der Waals surface area (Å²) in [6, 6.07) is 85.3. The molecule has 0 bridgehead atoms. The Balaban J connectivity index is 0.906. The van der Waals surface area contributed by atoms with E-state index in [1.54, 1.807) is 0 Å². The van der Waals surface area contributed by atoms with Crippen molar-refractivity contribution in [3.63, 3.8) is 0 Å². The molecule has 316 valence electrons. The van der Waals surface area contributed by atoms with E-state index in [1.807, 2.05) is 12.1 Å². The van der Waals surface area contributed by atoms with Gasteiger partial charge in [0.1, 0.15) is 5.75 Å². The van der Waals surface area contributed by atoms with Crippen molar-refractivity contribution in [1.29, 1.82) is 0 Å². The minimum Gasteiger partial charge on any atom is -0.477 e. The fourth-order valence-electron chi connectivity index (χ4n) is 9.59. The summed E-state index contributed by atoms with van der Waals surface area (Å²) >= 11 is 0. The van der Waals surface area contributed by atoms with Gasteiger partial charge >= 0.3 is 0 Å². The molecule has 0 spiro atoms. The first kappa shape index (κ1) is 39.8. The first-order chi connectivity index (χ1) is 33.0. The molecule has 0 saturated heterocycles. The van der Waals surface area contributed by atoms with Crippen LogP contribution in [-0.4, -0.2) is 15.0 Å². The van der Waals surface area contributed by atoms with Gasteiger partial charge in [0.25, 0.3) is 0 Å². The van der Waals surface area contributed by atoms with Gasteiger partial charge in [0.2, 0.25) is 0 Å². The molecule has 10 aromatic carbocycles. The maximum atomic E-state index is 7.01. The molecule has 4 nitrogen and oxygen atoms in total. The van der Waals surface area contributed by atoms with Crippen LogP contribution in [0.4, 0.5) is 0 Å². The van der Waals surface area contributed by atoms with Crippen LogP contribution in [0.3, 0.4) is 0 Å². The monoisotopic (exact) mass is 857 g/mol. The third-order valence-corrected chi connectivity index (χ3v) is 13.1. The summed E-state index contributed by atoms with van der Waals surface area (Å²) in [6.07, 6.45) is 0. The molecule has 1 aliphatic heterocycles. The maximum Gasteiger partial charge on any atom is 0.164 e. The normalized spacial score (nSPS) is 13.9. The quantitative estimate of drug-likeness (QED) is 0.153. The molecular formula is C63H43N3O. The second-order valence-corrected chi connectivity index (χ2v) is 17.3. The van der Waals surface area contributed by atoms with Crippen molar-refractivity contribution < 1.29 is 4.74 Å². The Morgan fingerprint density at radius 1 is 0.313 bits per heavy atom. The largest absolute Gasteiger partial charge is 0.477 e. The molecule has 12 rings (SSSR count). The lowest BCUT2D eigenvalue weighted by Gasteiger charge is -2.38. The highest BCUT2D eigenvalue weighted by molar-refractivity contribution is 5.97. The number of hydrogen-bond acceptors (Lipinski definition) is 4. The van der Waals surface area contributed by atoms with Crippen molar-refractivity contribution in [3.8, 4) is 95.5 Å². The molecule has 0 aliphatic carbocycles. The average molecular weight is 858 g/mol. The molecule has 0 amide bonds. The van der Waals surface area contributed by atoms with Gasteiger partial charge in [0.15, 0.2) is 23.1 Å². The maximum absolute atomic E-state index is 7.01. The molecular weight excluding hydrogens is 815 g/mol. The third-order valence-electron chi connectivity index (χ3n) is 13.1. The van der Waals surface area contributed by atoms with E-state index in [0.717, 1.165) is 78.1 Å². The van der Waals surface area contributed by atoms with E-state index < -0.39 is 5.60 Å². The molecule has 67 heavy (non-hydrogen) atoms. The summed E-state index contributed by atoms with van der Waals surface area (Å²) in [4.78, 5) is 15.4. The van der Waals surface area contributed by atoms with Crippen molar-refractivity contribution in [1.82, 2.24) is 15.0 Å². The molecule has 0 saturated carbocycles. The summed E-state index contributed by atoms with van der Waals surface area (Å²) < 4.78 is 7.01. The Labute approximate surface area is 390 Å². The van der Waals surface area contributed by atoms with E-state index in [9.17, 15) is 0 Å². The highest BCUT2D eigenvalue weighted by atomic mass is 16.5. The van der Waals surface area contributed by atoms with E-state index in [0.29, 0.717) is 17.5 Å². The lowest BCUT2D eigenvalue weighted by molar-refractivity contribution is 0.129. The van der Waals surface area contributed by atoms with Crippen LogP contribution in [0, 0.1) is 0 Å². The number of aromatic nitrogens is 3. The Morgan fingerprint density at radius 3 is 1.46 bits per heavy atom. The molecule has 0 fully saturated rings. The molecule has 0 N–H and O–H groups in total. The minimum absolute atomic E-state index is 0.608. The van der Waals surface area contributed by atoms with Gasteiger partial charge in [0.05, 0.1) is 0 Å². The Morgan fingerprint density at radius 2 is 0.761 bits per heavy atom. The summed E-state index contributed by atoms with van der Waals surface area (Å²) in [6.45, 7) is 2.17. The highest BCUT2D eigenvalue weighted by Crippen LogP contribution is 2.49. The molecule has 1 atom stereocenters. The second kappa shape index (κ2) is 16.7. The minimum atomic E-state index is -0.632. The molecule has 2 heterocycles. The summed E-state index contributed by atoms with van der Waals surface area (Å²) in [5.74, 6) is 2.71. The van der Waals surface area contributed by atoms with Crippen molar-refractivity contribution >= 4 is 10.8 Å². The zero-order valence-electron chi connectivity index (χ0n) is 36.8. The zero-order valence-corrected chi connectivity index (χ0v) is 36.8. The van der Waals surface area contributed by atoms with Crippen LogP contribution in [0.2, 0.25) is 0 Å². The van der Waals surface area contributed by atoms with Crippen molar-refractivity contribution in [3.05, 3.63) is 254 Å². The smallest absolute Gasteiger partial charge is 0.164 e. The predicted octanol–water partition coefficient (Wildman–Crippen LogP) is 16.0. The van der Waals surface area contributed by atoms with Crippen LogP contribution in [0.5, 0.6) is 5.75 Å². The third kappa shape index (κ3) is 7.45. The summed E-state index contributed by atoms with van der Waals surface area (Å²) in [5, 5.41) is 2.44. The molecule has 4 heteroatoms. The first-order valence-corrected chi connectivity index (χ1v) is 22.7. The zero-order chi connectivity index (χ0) is 44.7. The van der Waals surface area contributed by atoms with E-state index in [1.165, 1.54) is 21.9 Å². The number of fused-ring (bicyclic) bond motifs is 4. The summed E-state index contributed by atoms with van der Waals surface area (Å²) in [5.41, 5.74) is 15.7. The number of nitrogens with zero attached hydrogens (tertiary/aromatic N) is 3. The number of ether oxygens (including phenoxy) is 1. The highest BCUT2D eigenvalue weighted by Gasteiger charge is 2.38. The Bertz CT molecular complexity index is 3600. The lowest BCUT2D eigenvalue weighted by atomic mass is 9.80. The predicted molar refractivity (Wildman–Crippen MR) is 274 cm³/mol. The van der Waals surface area contributed by atoms with Gasteiger partial charge in [-0.3, -0.25) is 0 Å². The number of hydrogen-bond donors (Lipinski definition) is 0. The number of rotatable bonds is 8. The number of benzene rings is 10. The summed E-state index contributed by atoms with van der Waals surface area (Å²) in [7, 11) is 0. The van der Waals surface area contributed by atoms with Crippen LogP contribution in [0.15, 0.2) is 243 Å². The van der Waals surface area contributed by atoms with Gasteiger partial charge in [0, 0.05) is 27.8 Å². The first-order valence-electron chi connectivity index (χ1n) is 22.7. The van der Waals surface area contributed by atoms with E-state index in [2.05, 4.69) is 237 Å². The Hall–Kier alpha value is -8.73. The van der Waals surface area contributed by atoms with E-state index >= 15 is 0 Å². The van der Waals surface area contributed by atoms with Gasteiger partial charge < -0.3 is 4.74 Å². The van der Waals surface area contributed by atoms with Gasteiger partial charge in [-0.2, -0.15) is 0 Å². The van der Waals surface area contributed by atoms with Gasteiger partial charge in [-0.1, -0.05) is 224 Å². The van der Waals surface area contributed by atoms with Crippen LogP contribution >= 0.6 is 0 Å². The second-order valence-electron chi connectivity index (χ2n) is 17.3. The van der Waals surface area contributed by atoms with Gasteiger partial charge in [-0.15, -0.1) is 0 Å². The van der Waals surface area contributed by atoms with Crippen molar-refractivity contribution in [2.45, 2.75) is 12.5 Å². The molecule has 1 aliphatic rings. The van der Waals surface area contributed by atoms with Crippen LogP contribution in [0.25, 0.3) is 101 Å². The van der Waals surface area contributed by atoms with Gasteiger partial charge in [-0.05, 0) is 91.5 Å². The lowest BCUT2D eigenvalue weighted by Crippen LogP contribution is -2.34. The van der Waals surface area contributed by atoms with Gasteiger partial charge in [-0.25, -0.2) is 15.0 Å². The van der Waals surface area contributed by atoms with E-state index in [4.69, 9.17) is 19.7 Å². The van der Waals surface area contributed by atoms with Crippen LogP contribution in [0.1, 0.15) is 18.1 Å². The molecule has 11 aromatic rings. The average Bonchev–Trinajstić information content (AvgIpc) is 3.41. The molecule has 0 radical (unpaired) electrons. The molecule has 1 unspecified atom stereocenters. The fraction of sp³-hybridized carbons (Fsp3) is 0.0317. The van der Waals surface area contributed by atoms with Crippen molar-refractivity contribution in [2.24, 2.45) is 0 Å². The topological polar surface area (TPSA) is 47.9 Å². The van der Waals surface area contributed by atoms with Crippen LogP contribution in [-0.2, 0) is 5.60 Å². The standard InChI is InChI=1S/C63H43N3O/c1-63(53-23-6-3-7-24-53)58-28-11-10-26-56(58)57-38-37-51(41-59(57)67-63)49-20-12-19-48(39-49)50-21-13-22-52(40-50)62-65-60(46-33-29-43(30-34-46)42-15-4-2-5-16-42)64-61(66-62)47-35-31-45(32-36-47)55-27-14-18-44-17-8-9-25-54(44)55/h2-41H,1H3. The fourth-order valence-corrected chi connectivity index (χ4v) is 9.59. The SMILES string of the molecule is CC1(c2ccccc2)Oc2cc(-c3cccc(-c4cccc(-c5nc(-c6ccc(-c7ccccc7)cc6)nc(-c6ccc(-c7cccc8ccccc78)cc6)n5)c4)c3)ccc2-c2ccccc21. The Kier molecular flexibility index (Phi) is 9.92. The van der Waals surface area contributed by atoms with Crippen LogP contribution < -0.4 is 4.74 Å².